The van der Waals surface area contributed by atoms with Gasteiger partial charge in [0.2, 0.25) is 0 Å². The van der Waals surface area contributed by atoms with Gasteiger partial charge in [0.1, 0.15) is 0 Å². The summed E-state index contributed by atoms with van der Waals surface area (Å²) in [6, 6.07) is 8.88. The molecule has 29 heavy (non-hydrogen) atoms. The Bertz CT molecular complexity index is 959. The van der Waals surface area contributed by atoms with Crippen molar-refractivity contribution in [2.45, 2.75) is 38.9 Å². The molecule has 0 saturated heterocycles. The van der Waals surface area contributed by atoms with Gasteiger partial charge < -0.3 is 9.64 Å². The second-order valence-electron chi connectivity index (χ2n) is 6.87. The van der Waals surface area contributed by atoms with Crippen LogP contribution in [0.4, 0.5) is 18.9 Å². The summed E-state index contributed by atoms with van der Waals surface area (Å²) in [4.78, 5) is 25.9. The van der Waals surface area contributed by atoms with Gasteiger partial charge in [0.25, 0.3) is 5.91 Å². The summed E-state index contributed by atoms with van der Waals surface area (Å²) in [5.41, 5.74) is 0.491. The number of benzene rings is 2. The third-order valence-electron chi connectivity index (χ3n) is 4.84. The minimum atomic E-state index is -4.53. The van der Waals surface area contributed by atoms with Crippen LogP contribution in [0.3, 0.4) is 0 Å². The average molecular weight is 470 g/mol. The number of alkyl halides is 3. The number of hydrogen-bond donors (Lipinski definition) is 0. The largest absolute Gasteiger partial charge is 0.466 e. The average Bonchev–Trinajstić information content (AvgIpc) is 2.97. The standard InChI is InChI=1S/C21H19BrF3NO3/c1-3-29-19(27)7-12(2)13-8-14(22)10-15(9-13)26-11-17-16(20(26)28)5-4-6-18(17)21(23,24)25/h4-6,8-10,12H,3,7,11H2,1-2H3. The lowest BCUT2D eigenvalue weighted by atomic mass is 9.97. The first-order valence-electron chi connectivity index (χ1n) is 9.08. The Morgan fingerprint density at radius 3 is 2.66 bits per heavy atom. The second-order valence-corrected chi connectivity index (χ2v) is 7.79. The molecule has 0 spiro atoms. The Labute approximate surface area is 174 Å². The molecular formula is C21H19BrF3NO3. The quantitative estimate of drug-likeness (QED) is 0.528. The number of ether oxygens (including phenoxy) is 1. The molecule has 2 aromatic carbocycles. The lowest BCUT2D eigenvalue weighted by Gasteiger charge is -2.20. The lowest BCUT2D eigenvalue weighted by Crippen LogP contribution is -2.23. The molecule has 1 amide bonds. The fraction of sp³-hybridized carbons (Fsp3) is 0.333. The van der Waals surface area contributed by atoms with E-state index < -0.39 is 17.6 Å². The smallest absolute Gasteiger partial charge is 0.416 e. The molecule has 3 rings (SSSR count). The molecule has 2 aromatic rings. The van der Waals surface area contributed by atoms with E-state index in [1.807, 2.05) is 13.0 Å². The first-order valence-corrected chi connectivity index (χ1v) is 9.88. The predicted octanol–water partition coefficient (Wildman–Crippen LogP) is 5.69. The number of nitrogens with zero attached hydrogens (tertiary/aromatic N) is 1. The van der Waals surface area contributed by atoms with E-state index in [0.29, 0.717) is 10.2 Å². The zero-order chi connectivity index (χ0) is 21.3. The fourth-order valence-electron chi connectivity index (χ4n) is 3.43. The van der Waals surface area contributed by atoms with Crippen LogP contribution < -0.4 is 4.90 Å². The summed E-state index contributed by atoms with van der Waals surface area (Å²) >= 11 is 3.39. The van der Waals surface area contributed by atoms with Crippen molar-refractivity contribution < 1.29 is 27.5 Å². The number of esters is 1. The van der Waals surface area contributed by atoms with Crippen molar-refractivity contribution in [2.75, 3.05) is 11.5 Å². The van der Waals surface area contributed by atoms with Crippen LogP contribution >= 0.6 is 15.9 Å². The molecule has 0 aromatic heterocycles. The number of anilines is 1. The van der Waals surface area contributed by atoms with Crippen LogP contribution in [0.25, 0.3) is 0 Å². The van der Waals surface area contributed by atoms with Gasteiger partial charge in [-0.05, 0) is 54.3 Å². The van der Waals surface area contributed by atoms with E-state index in [1.165, 1.54) is 17.0 Å². The van der Waals surface area contributed by atoms with E-state index in [9.17, 15) is 22.8 Å². The van der Waals surface area contributed by atoms with Crippen LogP contribution in [0.1, 0.15) is 53.2 Å². The number of hydrogen-bond acceptors (Lipinski definition) is 3. The summed E-state index contributed by atoms with van der Waals surface area (Å²) < 4.78 is 45.7. The zero-order valence-electron chi connectivity index (χ0n) is 15.8. The van der Waals surface area contributed by atoms with E-state index in [-0.39, 0.29) is 42.6 Å². The molecule has 1 aliphatic heterocycles. The molecule has 154 valence electrons. The monoisotopic (exact) mass is 469 g/mol. The molecule has 0 bridgehead atoms. The Morgan fingerprint density at radius 2 is 2.00 bits per heavy atom. The summed E-state index contributed by atoms with van der Waals surface area (Å²) in [5, 5.41) is 0. The molecule has 4 nitrogen and oxygen atoms in total. The highest BCUT2D eigenvalue weighted by Crippen LogP contribution is 2.39. The van der Waals surface area contributed by atoms with E-state index >= 15 is 0 Å². The number of fused-ring (bicyclic) bond motifs is 1. The van der Waals surface area contributed by atoms with Crippen LogP contribution in [0.5, 0.6) is 0 Å². The van der Waals surface area contributed by atoms with Crippen LogP contribution in [0, 0.1) is 0 Å². The maximum Gasteiger partial charge on any atom is 0.416 e. The maximum atomic E-state index is 13.3. The minimum Gasteiger partial charge on any atom is -0.466 e. The van der Waals surface area contributed by atoms with E-state index in [0.717, 1.165) is 11.6 Å². The summed E-state index contributed by atoms with van der Waals surface area (Å²) in [5.74, 6) is -0.995. The van der Waals surface area contributed by atoms with Gasteiger partial charge in [0.05, 0.1) is 25.1 Å². The molecule has 1 aliphatic rings. The number of rotatable bonds is 5. The molecule has 1 atom stereocenters. The first-order chi connectivity index (χ1) is 13.6. The molecule has 0 saturated carbocycles. The third-order valence-corrected chi connectivity index (χ3v) is 5.29. The van der Waals surface area contributed by atoms with Gasteiger partial charge in [-0.25, -0.2) is 0 Å². The second kappa shape index (κ2) is 8.18. The fourth-order valence-corrected chi connectivity index (χ4v) is 3.93. The van der Waals surface area contributed by atoms with Crippen molar-refractivity contribution in [3.63, 3.8) is 0 Å². The highest BCUT2D eigenvalue weighted by molar-refractivity contribution is 9.10. The van der Waals surface area contributed by atoms with Gasteiger partial charge >= 0.3 is 12.1 Å². The molecule has 0 N–H and O–H groups in total. The van der Waals surface area contributed by atoms with Crippen LogP contribution in [-0.4, -0.2) is 18.5 Å². The molecule has 0 fully saturated rings. The number of carbonyl (C=O) groups is 2. The number of amides is 1. The first kappa shape index (κ1) is 21.4. The number of halogens is 4. The highest BCUT2D eigenvalue weighted by Gasteiger charge is 2.39. The molecule has 0 radical (unpaired) electrons. The van der Waals surface area contributed by atoms with Crippen LogP contribution in [-0.2, 0) is 22.3 Å². The van der Waals surface area contributed by atoms with Crippen molar-refractivity contribution in [1.29, 1.82) is 0 Å². The lowest BCUT2D eigenvalue weighted by molar-refractivity contribution is -0.143. The zero-order valence-corrected chi connectivity index (χ0v) is 17.4. The van der Waals surface area contributed by atoms with Gasteiger partial charge in [0.15, 0.2) is 0 Å². The van der Waals surface area contributed by atoms with Gasteiger partial charge in [0, 0.05) is 15.7 Å². The Morgan fingerprint density at radius 1 is 1.28 bits per heavy atom. The molecule has 8 heteroatoms. The predicted molar refractivity (Wildman–Crippen MR) is 106 cm³/mol. The molecule has 1 unspecified atom stereocenters. The maximum absolute atomic E-state index is 13.3. The molecule has 0 aliphatic carbocycles. The van der Waals surface area contributed by atoms with Gasteiger partial charge in [-0.3, -0.25) is 9.59 Å². The summed E-state index contributed by atoms with van der Waals surface area (Å²) in [6.45, 7) is 3.71. The normalized spacial score (nSPS) is 14.7. The summed E-state index contributed by atoms with van der Waals surface area (Å²) in [6.07, 6.45) is -4.37. The van der Waals surface area contributed by atoms with Gasteiger partial charge in [-0.1, -0.05) is 28.9 Å². The molecular weight excluding hydrogens is 451 g/mol. The Balaban J connectivity index is 1.93. The topological polar surface area (TPSA) is 46.6 Å². The Hall–Kier alpha value is -2.35. The SMILES string of the molecule is CCOC(=O)CC(C)c1cc(Br)cc(N2Cc3c(cccc3C(F)(F)F)C2=O)c1. The van der Waals surface area contributed by atoms with Gasteiger partial charge in [-0.15, -0.1) is 0 Å². The number of carbonyl (C=O) groups excluding carboxylic acids is 2. The minimum absolute atomic E-state index is 0.0221. The van der Waals surface area contributed by atoms with Crippen LogP contribution in [0.15, 0.2) is 40.9 Å². The van der Waals surface area contributed by atoms with Crippen molar-refractivity contribution in [1.82, 2.24) is 0 Å². The molecule has 1 heterocycles. The van der Waals surface area contributed by atoms with Crippen LogP contribution in [0.2, 0.25) is 0 Å². The van der Waals surface area contributed by atoms with Crippen molar-refractivity contribution in [3.05, 3.63) is 63.1 Å². The Kier molecular flexibility index (Phi) is 6.03. The van der Waals surface area contributed by atoms with E-state index in [4.69, 9.17) is 4.74 Å². The van der Waals surface area contributed by atoms with Crippen molar-refractivity contribution in [2.24, 2.45) is 0 Å². The van der Waals surface area contributed by atoms with Gasteiger partial charge in [-0.2, -0.15) is 13.2 Å². The summed E-state index contributed by atoms with van der Waals surface area (Å²) in [7, 11) is 0. The van der Waals surface area contributed by atoms with E-state index in [2.05, 4.69) is 15.9 Å². The third kappa shape index (κ3) is 4.47. The van der Waals surface area contributed by atoms with Crippen molar-refractivity contribution in [3.8, 4) is 0 Å². The van der Waals surface area contributed by atoms with E-state index in [1.54, 1.807) is 19.1 Å². The highest BCUT2D eigenvalue weighted by atomic mass is 79.9. The van der Waals surface area contributed by atoms with Crippen molar-refractivity contribution >= 4 is 33.5 Å².